The number of hydrogen-bond donors (Lipinski definition) is 0. The van der Waals surface area contributed by atoms with Crippen molar-refractivity contribution < 1.29 is 23.5 Å². The van der Waals surface area contributed by atoms with E-state index in [-0.39, 0.29) is 11.5 Å². The summed E-state index contributed by atoms with van der Waals surface area (Å²) in [7, 11) is 0. The zero-order chi connectivity index (χ0) is 22.3. The summed E-state index contributed by atoms with van der Waals surface area (Å²) < 4.78 is 23.6. The number of carbonyl (C=O) groups is 2. The summed E-state index contributed by atoms with van der Waals surface area (Å²) in [6.07, 6.45) is 11.3. The molecule has 0 aliphatic rings. The SMILES string of the molecule is CCOC(=O)c1ccc(C/C=C/CCCCCCCOC(=O)c2ccccc2F)cc1. The van der Waals surface area contributed by atoms with Crippen LogP contribution in [0.2, 0.25) is 0 Å². The van der Waals surface area contributed by atoms with Gasteiger partial charge in [-0.25, -0.2) is 14.0 Å². The minimum absolute atomic E-state index is 0.00997. The lowest BCUT2D eigenvalue weighted by atomic mass is 10.1. The van der Waals surface area contributed by atoms with Gasteiger partial charge in [0.1, 0.15) is 5.82 Å². The zero-order valence-corrected chi connectivity index (χ0v) is 18.1. The third kappa shape index (κ3) is 9.16. The maximum atomic E-state index is 13.5. The summed E-state index contributed by atoms with van der Waals surface area (Å²) in [4.78, 5) is 23.4. The van der Waals surface area contributed by atoms with Gasteiger partial charge in [-0.1, -0.05) is 55.7 Å². The standard InChI is InChI=1S/C26H31FO4/c1-2-30-25(28)22-18-16-21(17-19-22)13-9-7-5-3-4-6-8-12-20-31-26(29)23-14-10-11-15-24(23)27/h7,9-11,14-19H,2-6,8,12-13,20H2,1H3/b9-7+. The summed E-state index contributed by atoms with van der Waals surface area (Å²) in [5.74, 6) is -1.43. The number of rotatable bonds is 13. The number of benzene rings is 2. The molecule has 0 aromatic heterocycles. The van der Waals surface area contributed by atoms with Crippen LogP contribution < -0.4 is 0 Å². The highest BCUT2D eigenvalue weighted by molar-refractivity contribution is 5.90. The Kier molecular flexibility index (Phi) is 11.1. The van der Waals surface area contributed by atoms with Crippen molar-refractivity contribution in [1.82, 2.24) is 0 Å². The fourth-order valence-electron chi connectivity index (χ4n) is 3.09. The number of carbonyl (C=O) groups excluding carboxylic acids is 2. The summed E-state index contributed by atoms with van der Waals surface area (Å²) in [5.41, 5.74) is 1.73. The highest BCUT2D eigenvalue weighted by Crippen LogP contribution is 2.11. The molecule has 0 amide bonds. The van der Waals surface area contributed by atoms with Gasteiger partial charge in [-0.3, -0.25) is 0 Å². The van der Waals surface area contributed by atoms with Crippen LogP contribution in [0.15, 0.2) is 60.7 Å². The summed E-state index contributed by atoms with van der Waals surface area (Å²) in [6, 6.07) is 13.4. The van der Waals surface area contributed by atoms with Crippen molar-refractivity contribution in [1.29, 1.82) is 0 Å². The molecule has 5 heteroatoms. The topological polar surface area (TPSA) is 52.6 Å². The quantitative estimate of drug-likeness (QED) is 0.214. The van der Waals surface area contributed by atoms with Crippen molar-refractivity contribution in [2.24, 2.45) is 0 Å². The van der Waals surface area contributed by atoms with Crippen molar-refractivity contribution in [3.63, 3.8) is 0 Å². The fraction of sp³-hybridized carbons (Fsp3) is 0.385. The Balaban J connectivity index is 1.49. The molecule has 0 heterocycles. The summed E-state index contributed by atoms with van der Waals surface area (Å²) in [5, 5.41) is 0. The molecule has 2 rings (SSSR count). The number of halogens is 1. The Morgan fingerprint density at radius 1 is 0.839 bits per heavy atom. The fourth-order valence-corrected chi connectivity index (χ4v) is 3.09. The van der Waals surface area contributed by atoms with Gasteiger partial charge in [0.25, 0.3) is 0 Å². The normalized spacial score (nSPS) is 10.9. The first-order chi connectivity index (χ1) is 15.1. The molecule has 0 atom stereocenters. The molecule has 0 N–H and O–H groups in total. The molecule has 0 aliphatic heterocycles. The number of ether oxygens (including phenoxy) is 2. The van der Waals surface area contributed by atoms with E-state index < -0.39 is 11.8 Å². The number of esters is 2. The Hall–Kier alpha value is -2.95. The lowest BCUT2D eigenvalue weighted by Crippen LogP contribution is -2.08. The second kappa shape index (κ2) is 14.1. The van der Waals surface area contributed by atoms with Crippen LogP contribution in [0.3, 0.4) is 0 Å². The number of unbranched alkanes of at least 4 members (excludes halogenated alkanes) is 5. The van der Waals surface area contributed by atoms with Gasteiger partial charge >= 0.3 is 11.9 Å². The van der Waals surface area contributed by atoms with Crippen LogP contribution in [0.25, 0.3) is 0 Å². The molecule has 0 saturated heterocycles. The molecule has 2 aromatic carbocycles. The minimum Gasteiger partial charge on any atom is -0.462 e. The van der Waals surface area contributed by atoms with Crippen molar-refractivity contribution in [2.75, 3.05) is 13.2 Å². The van der Waals surface area contributed by atoms with Crippen LogP contribution in [-0.2, 0) is 15.9 Å². The maximum absolute atomic E-state index is 13.5. The molecular weight excluding hydrogens is 395 g/mol. The van der Waals surface area contributed by atoms with E-state index in [0.717, 1.165) is 50.5 Å². The molecule has 0 fully saturated rings. The van der Waals surface area contributed by atoms with Gasteiger partial charge < -0.3 is 9.47 Å². The second-order valence-corrected chi connectivity index (χ2v) is 7.27. The van der Waals surface area contributed by atoms with Crippen LogP contribution in [0, 0.1) is 5.82 Å². The largest absolute Gasteiger partial charge is 0.462 e. The third-order valence-corrected chi connectivity index (χ3v) is 4.83. The van der Waals surface area contributed by atoms with Gasteiger partial charge in [0.2, 0.25) is 0 Å². The average Bonchev–Trinajstić information content (AvgIpc) is 2.78. The average molecular weight is 427 g/mol. The lowest BCUT2D eigenvalue weighted by Gasteiger charge is -2.05. The van der Waals surface area contributed by atoms with E-state index in [1.165, 1.54) is 12.1 Å². The van der Waals surface area contributed by atoms with Crippen molar-refractivity contribution >= 4 is 11.9 Å². The molecule has 2 aromatic rings. The van der Waals surface area contributed by atoms with Gasteiger partial charge in [-0.05, 0) is 62.4 Å². The highest BCUT2D eigenvalue weighted by atomic mass is 19.1. The third-order valence-electron chi connectivity index (χ3n) is 4.83. The molecule has 31 heavy (non-hydrogen) atoms. The predicted molar refractivity (Wildman–Crippen MR) is 120 cm³/mol. The van der Waals surface area contributed by atoms with Gasteiger partial charge in [0.05, 0.1) is 24.3 Å². The molecule has 0 bridgehead atoms. The van der Waals surface area contributed by atoms with Gasteiger partial charge in [-0.2, -0.15) is 0 Å². The predicted octanol–water partition coefficient (Wildman–Crippen LogP) is 6.30. The van der Waals surface area contributed by atoms with Gasteiger partial charge in [0, 0.05) is 0 Å². The molecule has 0 radical (unpaired) electrons. The highest BCUT2D eigenvalue weighted by Gasteiger charge is 2.11. The minimum atomic E-state index is -0.598. The van der Waals surface area contributed by atoms with Crippen LogP contribution in [0.1, 0.15) is 71.7 Å². The van der Waals surface area contributed by atoms with Crippen molar-refractivity contribution in [2.45, 2.75) is 51.9 Å². The van der Waals surface area contributed by atoms with E-state index in [4.69, 9.17) is 9.47 Å². The van der Waals surface area contributed by atoms with E-state index in [9.17, 15) is 14.0 Å². The molecule has 0 unspecified atom stereocenters. The lowest BCUT2D eigenvalue weighted by molar-refractivity contribution is 0.0490. The van der Waals surface area contributed by atoms with E-state index in [0.29, 0.717) is 18.8 Å². The van der Waals surface area contributed by atoms with Crippen LogP contribution in [0.5, 0.6) is 0 Å². The van der Waals surface area contributed by atoms with Crippen LogP contribution in [-0.4, -0.2) is 25.2 Å². The van der Waals surface area contributed by atoms with Crippen molar-refractivity contribution in [3.8, 4) is 0 Å². The maximum Gasteiger partial charge on any atom is 0.341 e. The first kappa shape index (κ1) is 24.3. The van der Waals surface area contributed by atoms with E-state index in [1.54, 1.807) is 31.2 Å². The van der Waals surface area contributed by atoms with Crippen LogP contribution in [0.4, 0.5) is 4.39 Å². The van der Waals surface area contributed by atoms with Gasteiger partial charge in [-0.15, -0.1) is 0 Å². The van der Waals surface area contributed by atoms with Gasteiger partial charge in [0.15, 0.2) is 0 Å². The second-order valence-electron chi connectivity index (χ2n) is 7.27. The molecule has 0 saturated carbocycles. The Morgan fingerprint density at radius 3 is 2.29 bits per heavy atom. The molecule has 166 valence electrons. The molecule has 4 nitrogen and oxygen atoms in total. The zero-order valence-electron chi connectivity index (χ0n) is 18.1. The first-order valence-electron chi connectivity index (χ1n) is 10.9. The molecule has 0 spiro atoms. The Morgan fingerprint density at radius 2 is 1.55 bits per heavy atom. The molecular formula is C26H31FO4. The Labute approximate surface area is 184 Å². The number of allylic oxidation sites excluding steroid dienone is 2. The van der Waals surface area contributed by atoms with E-state index >= 15 is 0 Å². The van der Waals surface area contributed by atoms with Crippen LogP contribution >= 0.6 is 0 Å². The monoisotopic (exact) mass is 426 g/mol. The van der Waals surface area contributed by atoms with Crippen molar-refractivity contribution in [3.05, 3.63) is 83.2 Å². The molecule has 0 aliphatic carbocycles. The van der Waals surface area contributed by atoms with E-state index in [1.807, 2.05) is 12.1 Å². The summed E-state index contributed by atoms with van der Waals surface area (Å²) in [6.45, 7) is 2.50. The first-order valence-corrected chi connectivity index (χ1v) is 10.9. The Bertz CT molecular complexity index is 843. The van der Waals surface area contributed by atoms with E-state index in [2.05, 4.69) is 12.2 Å². The number of hydrogen-bond acceptors (Lipinski definition) is 4. The smallest absolute Gasteiger partial charge is 0.341 e. The summed E-state index contributed by atoms with van der Waals surface area (Å²) >= 11 is 0.